The SMILES string of the molecule is O=c1[nH]c(=O)n([C@H]2C[C@H](OCc3cccc4ccccc34)[C@@H](CO)O2)cc1F. The van der Waals surface area contributed by atoms with Gasteiger partial charge in [-0.15, -0.1) is 0 Å². The molecular weight excluding hydrogens is 367 g/mol. The summed E-state index contributed by atoms with van der Waals surface area (Å²) < 4.78 is 26.2. The molecule has 2 N–H and O–H groups in total. The highest BCUT2D eigenvalue weighted by Gasteiger charge is 2.37. The average Bonchev–Trinajstić information content (AvgIpc) is 3.12. The van der Waals surface area contributed by atoms with Crippen molar-refractivity contribution >= 4 is 10.8 Å². The number of nitrogens with zero attached hydrogens (tertiary/aromatic N) is 1. The lowest BCUT2D eigenvalue weighted by molar-refractivity contribution is -0.0658. The summed E-state index contributed by atoms with van der Waals surface area (Å²) in [5.41, 5.74) is -0.866. The minimum absolute atomic E-state index is 0.237. The predicted octanol–water partition coefficient (Wildman–Crippen LogP) is 1.69. The van der Waals surface area contributed by atoms with E-state index in [1.165, 1.54) is 0 Å². The van der Waals surface area contributed by atoms with Gasteiger partial charge < -0.3 is 14.6 Å². The number of aromatic nitrogens is 2. The van der Waals surface area contributed by atoms with Gasteiger partial charge in [-0.1, -0.05) is 42.5 Å². The Morgan fingerprint density at radius 2 is 2.00 bits per heavy atom. The molecule has 0 saturated carbocycles. The Morgan fingerprint density at radius 3 is 2.82 bits per heavy atom. The fourth-order valence-corrected chi connectivity index (χ4v) is 3.50. The van der Waals surface area contributed by atoms with Crippen molar-refractivity contribution in [2.45, 2.75) is 31.5 Å². The van der Waals surface area contributed by atoms with E-state index in [-0.39, 0.29) is 13.0 Å². The first-order valence-electron chi connectivity index (χ1n) is 8.92. The van der Waals surface area contributed by atoms with Crippen molar-refractivity contribution in [2.75, 3.05) is 6.61 Å². The molecule has 3 aromatic rings. The number of H-pyrrole nitrogens is 1. The molecule has 8 heteroatoms. The number of ether oxygens (including phenoxy) is 2. The maximum Gasteiger partial charge on any atom is 0.330 e. The fraction of sp³-hybridized carbons (Fsp3) is 0.300. The Morgan fingerprint density at radius 1 is 1.21 bits per heavy atom. The number of rotatable bonds is 5. The molecule has 1 aliphatic rings. The molecule has 0 aliphatic carbocycles. The maximum absolute atomic E-state index is 13.6. The Balaban J connectivity index is 1.53. The Hall–Kier alpha value is -2.81. The monoisotopic (exact) mass is 386 g/mol. The topological polar surface area (TPSA) is 93.6 Å². The quantitative estimate of drug-likeness (QED) is 0.696. The van der Waals surface area contributed by atoms with Crippen molar-refractivity contribution in [1.29, 1.82) is 0 Å². The first-order chi connectivity index (χ1) is 13.6. The highest BCUT2D eigenvalue weighted by molar-refractivity contribution is 5.85. The summed E-state index contributed by atoms with van der Waals surface area (Å²) in [4.78, 5) is 25.1. The molecule has 1 aromatic heterocycles. The lowest BCUT2D eigenvalue weighted by Crippen LogP contribution is -2.34. The third kappa shape index (κ3) is 3.49. The van der Waals surface area contributed by atoms with Crippen LogP contribution in [0, 0.1) is 5.82 Å². The van der Waals surface area contributed by atoms with Crippen LogP contribution in [0.4, 0.5) is 4.39 Å². The normalized spacial score (nSPS) is 22.0. The van der Waals surface area contributed by atoms with Crippen molar-refractivity contribution in [3.05, 3.63) is 80.9 Å². The Labute approximate surface area is 159 Å². The Kier molecular flexibility index (Phi) is 5.08. The van der Waals surface area contributed by atoms with Crippen LogP contribution in [0.15, 0.2) is 58.3 Å². The van der Waals surface area contributed by atoms with Gasteiger partial charge in [0.15, 0.2) is 0 Å². The number of benzene rings is 2. The second kappa shape index (κ2) is 7.67. The van der Waals surface area contributed by atoms with Gasteiger partial charge in [-0.05, 0) is 16.3 Å². The zero-order valence-corrected chi connectivity index (χ0v) is 14.9. The highest BCUT2D eigenvalue weighted by atomic mass is 19.1. The minimum Gasteiger partial charge on any atom is -0.394 e. The van der Waals surface area contributed by atoms with Gasteiger partial charge in [0.25, 0.3) is 5.56 Å². The number of hydrogen-bond donors (Lipinski definition) is 2. The zero-order valence-electron chi connectivity index (χ0n) is 14.9. The summed E-state index contributed by atoms with van der Waals surface area (Å²) in [5, 5.41) is 11.8. The third-order valence-electron chi connectivity index (χ3n) is 4.93. The van der Waals surface area contributed by atoms with Gasteiger partial charge in [0.1, 0.15) is 12.3 Å². The summed E-state index contributed by atoms with van der Waals surface area (Å²) in [5.74, 6) is -1.08. The number of nitrogens with one attached hydrogen (secondary N) is 1. The van der Waals surface area contributed by atoms with E-state index in [9.17, 15) is 19.1 Å². The lowest BCUT2D eigenvalue weighted by atomic mass is 10.1. The standard InChI is InChI=1S/C20H19FN2O5/c21-15-9-23(20(26)22-19(15)25)18-8-16(17(10-24)28-18)27-11-13-6-3-5-12-4-1-2-7-14(12)13/h1-7,9,16-18,24H,8,10-11H2,(H,22,25,26)/t16-,17+,18+/m0/s1. The molecule has 1 aliphatic heterocycles. The van der Waals surface area contributed by atoms with Crippen molar-refractivity contribution < 1.29 is 19.0 Å². The van der Waals surface area contributed by atoms with E-state index >= 15 is 0 Å². The number of fused-ring (bicyclic) bond motifs is 1. The van der Waals surface area contributed by atoms with Crippen LogP contribution in [0.5, 0.6) is 0 Å². The molecule has 0 spiro atoms. The zero-order chi connectivity index (χ0) is 19.7. The third-order valence-corrected chi connectivity index (χ3v) is 4.93. The maximum atomic E-state index is 13.6. The number of aromatic amines is 1. The molecule has 0 unspecified atom stereocenters. The smallest absolute Gasteiger partial charge is 0.330 e. The van der Waals surface area contributed by atoms with Gasteiger partial charge in [-0.25, -0.2) is 4.79 Å². The molecule has 146 valence electrons. The summed E-state index contributed by atoms with van der Waals surface area (Å²) in [6.07, 6.45) is -0.944. The van der Waals surface area contributed by atoms with Gasteiger partial charge in [0.2, 0.25) is 5.82 Å². The molecule has 1 fully saturated rings. The largest absolute Gasteiger partial charge is 0.394 e. The predicted molar refractivity (Wildman–Crippen MR) is 99.4 cm³/mol. The van der Waals surface area contributed by atoms with Crippen molar-refractivity contribution in [2.24, 2.45) is 0 Å². The first kappa shape index (κ1) is 18.5. The van der Waals surface area contributed by atoms with E-state index < -0.39 is 35.5 Å². The van der Waals surface area contributed by atoms with E-state index in [0.29, 0.717) is 6.61 Å². The van der Waals surface area contributed by atoms with E-state index in [2.05, 4.69) is 0 Å². The molecule has 0 radical (unpaired) electrons. The van der Waals surface area contributed by atoms with Crippen LogP contribution in [0.1, 0.15) is 18.2 Å². The molecule has 0 amide bonds. The minimum atomic E-state index is -1.08. The van der Waals surface area contributed by atoms with Crippen LogP contribution in [0.25, 0.3) is 10.8 Å². The number of aliphatic hydroxyl groups is 1. The summed E-state index contributed by atoms with van der Waals surface area (Å²) in [7, 11) is 0. The molecule has 7 nitrogen and oxygen atoms in total. The van der Waals surface area contributed by atoms with Gasteiger partial charge in [0, 0.05) is 6.42 Å². The second-order valence-corrected chi connectivity index (χ2v) is 6.68. The molecule has 0 bridgehead atoms. The van der Waals surface area contributed by atoms with Gasteiger partial charge in [0.05, 0.1) is 25.5 Å². The summed E-state index contributed by atoms with van der Waals surface area (Å²) >= 11 is 0. The van der Waals surface area contributed by atoms with Crippen LogP contribution in [-0.4, -0.2) is 33.5 Å². The molecule has 1 saturated heterocycles. The molecule has 3 atom stereocenters. The first-order valence-corrected chi connectivity index (χ1v) is 8.92. The fourth-order valence-electron chi connectivity index (χ4n) is 3.50. The van der Waals surface area contributed by atoms with Crippen LogP contribution >= 0.6 is 0 Å². The molecular formula is C20H19FN2O5. The van der Waals surface area contributed by atoms with Crippen molar-refractivity contribution in [1.82, 2.24) is 9.55 Å². The van der Waals surface area contributed by atoms with Crippen molar-refractivity contribution in [3.63, 3.8) is 0 Å². The average molecular weight is 386 g/mol. The van der Waals surface area contributed by atoms with Crippen LogP contribution in [-0.2, 0) is 16.1 Å². The summed E-state index contributed by atoms with van der Waals surface area (Å²) in [6.45, 7) is -0.00915. The number of halogens is 1. The van der Waals surface area contributed by atoms with E-state index in [1.807, 2.05) is 47.4 Å². The Bertz CT molecular complexity index is 1100. The molecule has 28 heavy (non-hydrogen) atoms. The van der Waals surface area contributed by atoms with Crippen molar-refractivity contribution in [3.8, 4) is 0 Å². The van der Waals surface area contributed by atoms with Gasteiger partial charge >= 0.3 is 5.69 Å². The van der Waals surface area contributed by atoms with E-state index in [4.69, 9.17) is 9.47 Å². The number of aliphatic hydroxyl groups excluding tert-OH is 1. The van der Waals surface area contributed by atoms with Crippen LogP contribution < -0.4 is 11.2 Å². The number of hydrogen-bond acceptors (Lipinski definition) is 5. The molecule has 4 rings (SSSR count). The highest BCUT2D eigenvalue weighted by Crippen LogP contribution is 2.31. The van der Waals surface area contributed by atoms with Crippen LogP contribution in [0.3, 0.4) is 0 Å². The lowest BCUT2D eigenvalue weighted by Gasteiger charge is -2.17. The van der Waals surface area contributed by atoms with E-state index in [0.717, 1.165) is 27.1 Å². The second-order valence-electron chi connectivity index (χ2n) is 6.68. The van der Waals surface area contributed by atoms with Gasteiger partial charge in [-0.2, -0.15) is 4.39 Å². The van der Waals surface area contributed by atoms with Gasteiger partial charge in [-0.3, -0.25) is 14.3 Å². The summed E-state index contributed by atoms with van der Waals surface area (Å²) in [6, 6.07) is 13.9. The molecule has 2 aromatic carbocycles. The molecule has 2 heterocycles. The van der Waals surface area contributed by atoms with E-state index in [1.54, 1.807) is 0 Å². The van der Waals surface area contributed by atoms with Crippen LogP contribution in [0.2, 0.25) is 0 Å².